The molecule has 2 aromatic carbocycles. The zero-order chi connectivity index (χ0) is 22.9. The molecule has 2 aromatic rings. The molecule has 0 unspecified atom stereocenters. The van der Waals surface area contributed by atoms with E-state index >= 15 is 0 Å². The number of nitrogens with zero attached hydrogens (tertiary/aromatic N) is 2. The summed E-state index contributed by atoms with van der Waals surface area (Å²) in [5.74, 6) is 3.21. The summed E-state index contributed by atoms with van der Waals surface area (Å²) in [4.78, 5) is 18.5. The quantitative estimate of drug-likeness (QED) is 0.508. The third-order valence-corrected chi connectivity index (χ3v) is 5.55. The molecule has 1 amide bonds. The fraction of sp³-hybridized carbons (Fsp3) is 0.440. The number of likely N-dealkylation sites (tertiary alicyclic amines) is 1. The number of para-hydroxylation sites is 2. The van der Waals surface area contributed by atoms with Gasteiger partial charge in [0.25, 0.3) is 0 Å². The molecular weight excluding hydrogens is 404 g/mol. The van der Waals surface area contributed by atoms with Crippen LogP contribution in [0.3, 0.4) is 0 Å². The summed E-state index contributed by atoms with van der Waals surface area (Å²) in [7, 11) is 3.41. The van der Waals surface area contributed by atoms with Gasteiger partial charge >= 0.3 is 0 Å². The number of piperidine rings is 1. The van der Waals surface area contributed by atoms with E-state index in [0.717, 1.165) is 43.2 Å². The molecule has 1 heterocycles. The van der Waals surface area contributed by atoms with Crippen molar-refractivity contribution in [2.75, 3.05) is 27.2 Å². The van der Waals surface area contributed by atoms with Crippen LogP contribution in [0.4, 0.5) is 0 Å². The van der Waals surface area contributed by atoms with Crippen molar-refractivity contribution in [1.82, 2.24) is 15.5 Å². The molecule has 32 heavy (non-hydrogen) atoms. The van der Waals surface area contributed by atoms with E-state index in [4.69, 9.17) is 9.47 Å². The second-order valence-electron chi connectivity index (χ2n) is 8.22. The number of aliphatic imine (C=N–C) groups is 1. The van der Waals surface area contributed by atoms with Gasteiger partial charge in [0, 0.05) is 38.6 Å². The number of benzene rings is 2. The van der Waals surface area contributed by atoms with Crippen molar-refractivity contribution in [3.8, 4) is 17.2 Å². The largest absolute Gasteiger partial charge is 0.493 e. The third-order valence-electron chi connectivity index (χ3n) is 5.55. The summed E-state index contributed by atoms with van der Waals surface area (Å²) in [6, 6.07) is 15.8. The van der Waals surface area contributed by atoms with Crippen LogP contribution in [0.2, 0.25) is 0 Å². The number of nitrogens with one attached hydrogen (secondary N) is 2. The minimum absolute atomic E-state index is 0.0560. The van der Waals surface area contributed by atoms with Gasteiger partial charge in [-0.25, -0.2) is 0 Å². The van der Waals surface area contributed by atoms with Crippen LogP contribution in [0.5, 0.6) is 17.2 Å². The average Bonchev–Trinajstić information content (AvgIpc) is 2.83. The van der Waals surface area contributed by atoms with E-state index in [1.807, 2.05) is 67.3 Å². The van der Waals surface area contributed by atoms with Gasteiger partial charge in [-0.15, -0.1) is 0 Å². The first-order valence-corrected chi connectivity index (χ1v) is 11.2. The van der Waals surface area contributed by atoms with Crippen LogP contribution in [0.25, 0.3) is 0 Å². The average molecular weight is 439 g/mol. The smallest absolute Gasteiger partial charge is 0.225 e. The highest BCUT2D eigenvalue weighted by Gasteiger charge is 2.24. The molecule has 7 nitrogen and oxygen atoms in total. The van der Waals surface area contributed by atoms with Crippen LogP contribution in [0.1, 0.15) is 32.3 Å². The number of amides is 1. The number of guanidine groups is 1. The first kappa shape index (κ1) is 23.4. The summed E-state index contributed by atoms with van der Waals surface area (Å²) >= 11 is 0. The van der Waals surface area contributed by atoms with E-state index in [0.29, 0.717) is 24.1 Å². The van der Waals surface area contributed by atoms with Crippen molar-refractivity contribution < 1.29 is 14.3 Å². The van der Waals surface area contributed by atoms with E-state index in [-0.39, 0.29) is 11.8 Å². The molecule has 172 valence electrons. The molecule has 0 spiro atoms. The zero-order valence-corrected chi connectivity index (χ0v) is 19.4. The van der Waals surface area contributed by atoms with Gasteiger partial charge in [0.15, 0.2) is 17.5 Å². The fourth-order valence-corrected chi connectivity index (χ4v) is 3.69. The van der Waals surface area contributed by atoms with Crippen LogP contribution in [0, 0.1) is 5.92 Å². The highest BCUT2D eigenvalue weighted by Crippen LogP contribution is 2.30. The van der Waals surface area contributed by atoms with Gasteiger partial charge in [-0.2, -0.15) is 0 Å². The number of carbonyl (C=O) groups excluding carboxylic acids is 1. The maximum atomic E-state index is 12.2. The molecule has 1 saturated heterocycles. The van der Waals surface area contributed by atoms with Crippen molar-refractivity contribution >= 4 is 11.9 Å². The SMILES string of the molecule is CN=C(NCc1ccc(Oc2ccccc2OC)cc1)NC1CCN(C(=O)C(C)C)CC1. The highest BCUT2D eigenvalue weighted by molar-refractivity contribution is 5.80. The van der Waals surface area contributed by atoms with E-state index in [1.165, 1.54) is 0 Å². The molecule has 0 saturated carbocycles. The molecule has 1 aliphatic rings. The maximum Gasteiger partial charge on any atom is 0.225 e. The minimum atomic E-state index is 0.0560. The van der Waals surface area contributed by atoms with Crippen molar-refractivity contribution in [3.05, 3.63) is 54.1 Å². The molecule has 3 rings (SSSR count). The summed E-state index contributed by atoms with van der Waals surface area (Å²) in [5.41, 5.74) is 1.12. The Morgan fingerprint density at radius 2 is 1.75 bits per heavy atom. The second kappa shape index (κ2) is 11.4. The summed E-state index contributed by atoms with van der Waals surface area (Å²) < 4.78 is 11.3. The molecule has 0 bridgehead atoms. The Morgan fingerprint density at radius 3 is 2.34 bits per heavy atom. The lowest BCUT2D eigenvalue weighted by molar-refractivity contribution is -0.135. The van der Waals surface area contributed by atoms with Crippen molar-refractivity contribution in [1.29, 1.82) is 0 Å². The van der Waals surface area contributed by atoms with Gasteiger partial charge in [-0.1, -0.05) is 38.1 Å². The van der Waals surface area contributed by atoms with Gasteiger partial charge in [-0.05, 0) is 42.7 Å². The Morgan fingerprint density at radius 1 is 1.09 bits per heavy atom. The van der Waals surface area contributed by atoms with Crippen LogP contribution in [0.15, 0.2) is 53.5 Å². The Balaban J connectivity index is 1.46. The second-order valence-corrected chi connectivity index (χ2v) is 8.22. The third kappa shape index (κ3) is 6.39. The predicted octanol–water partition coefficient (Wildman–Crippen LogP) is 3.80. The first-order valence-electron chi connectivity index (χ1n) is 11.2. The highest BCUT2D eigenvalue weighted by atomic mass is 16.5. The molecule has 7 heteroatoms. The van der Waals surface area contributed by atoms with E-state index in [9.17, 15) is 4.79 Å². The molecule has 0 radical (unpaired) electrons. The van der Waals surface area contributed by atoms with Gasteiger partial charge in [0.1, 0.15) is 5.75 Å². The fourth-order valence-electron chi connectivity index (χ4n) is 3.69. The normalized spacial score (nSPS) is 14.9. The number of ether oxygens (including phenoxy) is 2. The summed E-state index contributed by atoms with van der Waals surface area (Å²) in [6.45, 7) is 6.14. The van der Waals surface area contributed by atoms with Gasteiger partial charge in [0.2, 0.25) is 5.91 Å². The van der Waals surface area contributed by atoms with Gasteiger partial charge in [0.05, 0.1) is 7.11 Å². The van der Waals surface area contributed by atoms with E-state index in [1.54, 1.807) is 14.2 Å². The van der Waals surface area contributed by atoms with Gasteiger partial charge < -0.3 is 25.0 Å². The summed E-state index contributed by atoms with van der Waals surface area (Å²) in [6.07, 6.45) is 1.85. The number of carbonyl (C=O) groups is 1. The molecule has 2 N–H and O–H groups in total. The molecular formula is C25H34N4O3. The summed E-state index contributed by atoms with van der Waals surface area (Å²) in [5, 5.41) is 6.85. The van der Waals surface area contributed by atoms with Crippen LogP contribution >= 0.6 is 0 Å². The lowest BCUT2D eigenvalue weighted by Gasteiger charge is -2.34. The standard InChI is InChI=1S/C25H34N4O3/c1-18(2)24(30)29-15-13-20(14-16-29)28-25(26-3)27-17-19-9-11-21(12-10-19)32-23-8-6-5-7-22(23)31-4/h5-12,18,20H,13-17H2,1-4H3,(H2,26,27,28). The Hall–Kier alpha value is -3.22. The first-order chi connectivity index (χ1) is 15.5. The maximum absolute atomic E-state index is 12.2. The van der Waals surface area contributed by atoms with E-state index < -0.39 is 0 Å². The van der Waals surface area contributed by atoms with Crippen molar-refractivity contribution in [2.24, 2.45) is 10.9 Å². The lowest BCUT2D eigenvalue weighted by atomic mass is 10.0. The van der Waals surface area contributed by atoms with E-state index in [2.05, 4.69) is 15.6 Å². The molecule has 1 fully saturated rings. The van der Waals surface area contributed by atoms with Crippen LogP contribution in [-0.4, -0.2) is 50.1 Å². The Bertz CT molecular complexity index is 904. The Kier molecular flexibility index (Phi) is 8.36. The van der Waals surface area contributed by atoms with Crippen molar-refractivity contribution in [2.45, 2.75) is 39.3 Å². The van der Waals surface area contributed by atoms with Crippen LogP contribution in [-0.2, 0) is 11.3 Å². The van der Waals surface area contributed by atoms with Crippen LogP contribution < -0.4 is 20.1 Å². The lowest BCUT2D eigenvalue weighted by Crippen LogP contribution is -2.50. The number of rotatable bonds is 7. The molecule has 0 aromatic heterocycles. The predicted molar refractivity (Wildman–Crippen MR) is 127 cm³/mol. The topological polar surface area (TPSA) is 75.2 Å². The molecule has 1 aliphatic heterocycles. The number of hydrogen-bond donors (Lipinski definition) is 2. The number of methoxy groups -OCH3 is 1. The molecule has 0 atom stereocenters. The monoisotopic (exact) mass is 438 g/mol. The molecule has 0 aliphatic carbocycles. The number of hydrogen-bond acceptors (Lipinski definition) is 4. The van der Waals surface area contributed by atoms with Gasteiger partial charge in [-0.3, -0.25) is 9.79 Å². The Labute approximate surface area is 190 Å². The van der Waals surface area contributed by atoms with Crippen molar-refractivity contribution in [3.63, 3.8) is 0 Å². The minimum Gasteiger partial charge on any atom is -0.493 e. The zero-order valence-electron chi connectivity index (χ0n) is 19.4.